The first kappa shape index (κ1) is 17.2. The monoisotopic (exact) mass is 346 g/mol. The van der Waals surface area contributed by atoms with E-state index in [4.69, 9.17) is 16.7 Å². The summed E-state index contributed by atoms with van der Waals surface area (Å²) in [6, 6.07) is 5.99. The van der Waals surface area contributed by atoms with Gasteiger partial charge in [0, 0.05) is 24.7 Å². The molecule has 1 aromatic carbocycles. The molecule has 1 saturated heterocycles. The van der Waals surface area contributed by atoms with E-state index in [-0.39, 0.29) is 36.4 Å². The standard InChI is InChI=1S/C14H19ClN2O4S/c15-12-3-5-13(6-4-12)22(20,21)17-8-1-2-11(10-17)14(19)16-7-9-18/h3-6,11,18H,1-2,7-10H2,(H,16,19)/t11-/m1/s1. The van der Waals surface area contributed by atoms with Gasteiger partial charge in [0.1, 0.15) is 0 Å². The van der Waals surface area contributed by atoms with Crippen molar-refractivity contribution in [3.8, 4) is 0 Å². The van der Waals surface area contributed by atoms with E-state index in [2.05, 4.69) is 5.32 Å². The van der Waals surface area contributed by atoms with Crippen LogP contribution in [-0.2, 0) is 14.8 Å². The third kappa shape index (κ3) is 3.98. The molecule has 0 aromatic heterocycles. The van der Waals surface area contributed by atoms with Crippen molar-refractivity contribution in [1.29, 1.82) is 0 Å². The zero-order chi connectivity index (χ0) is 16.2. The molecule has 1 aromatic rings. The van der Waals surface area contributed by atoms with Crippen molar-refractivity contribution in [2.75, 3.05) is 26.2 Å². The second-order valence-electron chi connectivity index (χ2n) is 5.17. The Labute approximate surface area is 135 Å². The highest BCUT2D eigenvalue weighted by Gasteiger charge is 2.33. The van der Waals surface area contributed by atoms with Crippen molar-refractivity contribution < 1.29 is 18.3 Å². The summed E-state index contributed by atoms with van der Waals surface area (Å²) in [5.41, 5.74) is 0. The molecule has 1 atom stereocenters. The van der Waals surface area contributed by atoms with E-state index in [1.54, 1.807) is 0 Å². The van der Waals surface area contributed by atoms with E-state index in [9.17, 15) is 13.2 Å². The minimum absolute atomic E-state index is 0.134. The van der Waals surface area contributed by atoms with E-state index in [1.807, 2.05) is 0 Å². The summed E-state index contributed by atoms with van der Waals surface area (Å²) in [7, 11) is -3.62. The average Bonchev–Trinajstić information content (AvgIpc) is 2.53. The number of aliphatic hydroxyl groups is 1. The largest absolute Gasteiger partial charge is 0.395 e. The Bertz CT molecular complexity index is 618. The van der Waals surface area contributed by atoms with Gasteiger partial charge in [-0.2, -0.15) is 4.31 Å². The van der Waals surface area contributed by atoms with Gasteiger partial charge in [-0.25, -0.2) is 8.42 Å². The number of carbonyl (C=O) groups excluding carboxylic acids is 1. The van der Waals surface area contributed by atoms with Gasteiger partial charge in [-0.15, -0.1) is 0 Å². The van der Waals surface area contributed by atoms with Crippen LogP contribution in [0.1, 0.15) is 12.8 Å². The zero-order valence-electron chi connectivity index (χ0n) is 12.0. The van der Waals surface area contributed by atoms with E-state index in [0.29, 0.717) is 24.4 Å². The number of nitrogens with one attached hydrogen (secondary N) is 1. The Hall–Kier alpha value is -1.15. The molecule has 0 aliphatic carbocycles. The normalized spacial score (nSPS) is 19.8. The fraction of sp³-hybridized carbons (Fsp3) is 0.500. The number of piperidine rings is 1. The predicted molar refractivity (Wildman–Crippen MR) is 83.0 cm³/mol. The highest BCUT2D eigenvalue weighted by Crippen LogP contribution is 2.24. The number of carbonyl (C=O) groups is 1. The van der Waals surface area contributed by atoms with Crippen LogP contribution in [0, 0.1) is 5.92 Å². The molecule has 1 aliphatic heterocycles. The van der Waals surface area contributed by atoms with E-state index in [0.717, 1.165) is 0 Å². The topological polar surface area (TPSA) is 86.7 Å². The molecule has 1 amide bonds. The second kappa shape index (κ2) is 7.41. The van der Waals surface area contributed by atoms with Crippen molar-refractivity contribution >= 4 is 27.5 Å². The molecule has 8 heteroatoms. The lowest BCUT2D eigenvalue weighted by Gasteiger charge is -2.31. The second-order valence-corrected chi connectivity index (χ2v) is 7.55. The van der Waals surface area contributed by atoms with Gasteiger partial charge in [0.2, 0.25) is 15.9 Å². The number of rotatable bonds is 5. The molecule has 1 heterocycles. The molecule has 0 radical (unpaired) electrons. The van der Waals surface area contributed by atoms with Gasteiger partial charge < -0.3 is 10.4 Å². The van der Waals surface area contributed by atoms with Crippen molar-refractivity contribution in [2.45, 2.75) is 17.7 Å². The molecule has 0 spiro atoms. The fourth-order valence-corrected chi connectivity index (χ4v) is 4.10. The molecule has 6 nitrogen and oxygen atoms in total. The lowest BCUT2D eigenvalue weighted by Crippen LogP contribution is -2.45. The molecule has 1 fully saturated rings. The highest BCUT2D eigenvalue weighted by atomic mass is 35.5. The van der Waals surface area contributed by atoms with Crippen molar-refractivity contribution in [3.05, 3.63) is 29.3 Å². The summed E-state index contributed by atoms with van der Waals surface area (Å²) in [6.07, 6.45) is 1.27. The molecule has 22 heavy (non-hydrogen) atoms. The first-order valence-electron chi connectivity index (χ1n) is 7.09. The number of benzene rings is 1. The van der Waals surface area contributed by atoms with Crippen LogP contribution < -0.4 is 5.32 Å². The van der Waals surface area contributed by atoms with Crippen LogP contribution in [0.3, 0.4) is 0 Å². The van der Waals surface area contributed by atoms with Gasteiger partial charge in [-0.3, -0.25) is 4.79 Å². The maximum absolute atomic E-state index is 12.6. The number of hydrogen-bond acceptors (Lipinski definition) is 4. The van der Waals surface area contributed by atoms with E-state index >= 15 is 0 Å². The number of nitrogens with zero attached hydrogens (tertiary/aromatic N) is 1. The van der Waals surface area contributed by atoms with Crippen LogP contribution in [0.4, 0.5) is 0 Å². The molecular weight excluding hydrogens is 328 g/mol. The number of sulfonamides is 1. The number of halogens is 1. The Balaban J connectivity index is 2.11. The molecule has 2 rings (SSSR count). The maximum atomic E-state index is 12.6. The van der Waals surface area contributed by atoms with Crippen LogP contribution in [0.2, 0.25) is 5.02 Å². The summed E-state index contributed by atoms with van der Waals surface area (Å²) >= 11 is 5.78. The van der Waals surface area contributed by atoms with Gasteiger partial charge in [0.15, 0.2) is 0 Å². The van der Waals surface area contributed by atoms with Crippen LogP contribution >= 0.6 is 11.6 Å². The summed E-state index contributed by atoms with van der Waals surface area (Å²) in [5.74, 6) is -0.604. The van der Waals surface area contributed by atoms with E-state index < -0.39 is 10.0 Å². The Morgan fingerprint density at radius 2 is 2.05 bits per heavy atom. The lowest BCUT2D eigenvalue weighted by molar-refractivity contribution is -0.126. The summed E-state index contributed by atoms with van der Waals surface area (Å²) in [6.45, 7) is 0.599. The predicted octanol–water partition coefficient (Wildman–Crippen LogP) is 0.849. The highest BCUT2D eigenvalue weighted by molar-refractivity contribution is 7.89. The molecule has 122 valence electrons. The quantitative estimate of drug-likeness (QED) is 0.827. The van der Waals surface area contributed by atoms with Crippen molar-refractivity contribution in [2.24, 2.45) is 5.92 Å². The summed E-state index contributed by atoms with van der Waals surface area (Å²) < 4.78 is 26.5. The van der Waals surface area contributed by atoms with Gasteiger partial charge in [-0.05, 0) is 37.1 Å². The first-order valence-corrected chi connectivity index (χ1v) is 8.91. The Morgan fingerprint density at radius 3 is 2.68 bits per heavy atom. The minimum atomic E-state index is -3.62. The van der Waals surface area contributed by atoms with Crippen molar-refractivity contribution in [3.63, 3.8) is 0 Å². The SMILES string of the molecule is O=C(NCCO)[C@@H]1CCCN(S(=O)(=O)c2ccc(Cl)cc2)C1. The van der Waals surface area contributed by atoms with E-state index in [1.165, 1.54) is 28.6 Å². The molecule has 2 N–H and O–H groups in total. The third-order valence-corrected chi connectivity index (χ3v) is 5.75. The molecule has 0 unspecified atom stereocenters. The molecular formula is C14H19ClN2O4S. The minimum Gasteiger partial charge on any atom is -0.395 e. The van der Waals surface area contributed by atoms with Crippen LogP contribution in [0.25, 0.3) is 0 Å². The average molecular weight is 347 g/mol. The number of aliphatic hydroxyl groups excluding tert-OH is 1. The van der Waals surface area contributed by atoms with Crippen LogP contribution in [0.15, 0.2) is 29.2 Å². The van der Waals surface area contributed by atoms with Crippen molar-refractivity contribution in [1.82, 2.24) is 9.62 Å². The van der Waals surface area contributed by atoms with Gasteiger partial charge >= 0.3 is 0 Å². The molecule has 0 saturated carbocycles. The fourth-order valence-electron chi connectivity index (χ4n) is 2.45. The third-order valence-electron chi connectivity index (χ3n) is 3.62. The molecule has 1 aliphatic rings. The molecule has 0 bridgehead atoms. The maximum Gasteiger partial charge on any atom is 0.243 e. The van der Waals surface area contributed by atoms with Gasteiger partial charge in [0.05, 0.1) is 17.4 Å². The lowest BCUT2D eigenvalue weighted by atomic mass is 9.99. The zero-order valence-corrected chi connectivity index (χ0v) is 13.6. The Morgan fingerprint density at radius 1 is 1.36 bits per heavy atom. The number of hydrogen-bond donors (Lipinski definition) is 2. The smallest absolute Gasteiger partial charge is 0.243 e. The van der Waals surface area contributed by atoms with Gasteiger partial charge in [0.25, 0.3) is 0 Å². The first-order chi connectivity index (χ1) is 10.4. The van der Waals surface area contributed by atoms with Crippen LogP contribution in [-0.4, -0.2) is 50.0 Å². The Kier molecular flexibility index (Phi) is 5.80. The number of amides is 1. The van der Waals surface area contributed by atoms with Crippen LogP contribution in [0.5, 0.6) is 0 Å². The van der Waals surface area contributed by atoms with Gasteiger partial charge in [-0.1, -0.05) is 11.6 Å². The summed E-state index contributed by atoms with van der Waals surface area (Å²) in [4.78, 5) is 12.1. The summed E-state index contributed by atoms with van der Waals surface area (Å²) in [5, 5.41) is 11.8.